The number of aryl methyl sites for hydroxylation is 2. The molecule has 1 amide bonds. The van der Waals surface area contributed by atoms with Crippen molar-refractivity contribution < 1.29 is 4.79 Å². The first kappa shape index (κ1) is 34.8. The highest BCUT2D eigenvalue weighted by Crippen LogP contribution is 2.65. The molecule has 254 valence electrons. The lowest BCUT2D eigenvalue weighted by atomic mass is 10.1. The second-order valence-corrected chi connectivity index (χ2v) is 18.6. The first-order valence-electron chi connectivity index (χ1n) is 17.4. The zero-order chi connectivity index (χ0) is 35.8. The van der Waals surface area contributed by atoms with Crippen LogP contribution in [0.3, 0.4) is 0 Å². The number of nitrogens with zero attached hydrogens (tertiary/aromatic N) is 2. The topological polar surface area (TPSA) is 41.8 Å². The van der Waals surface area contributed by atoms with Gasteiger partial charge in [0.05, 0.1) is 19.8 Å². The highest BCUT2D eigenvalue weighted by atomic mass is 31.2. The summed E-state index contributed by atoms with van der Waals surface area (Å²) in [5.74, 6) is 2.11. The zero-order valence-corrected chi connectivity index (χ0v) is 31.1. The summed E-state index contributed by atoms with van der Waals surface area (Å²) in [6.45, 7) is 4.13. The van der Waals surface area contributed by atoms with Gasteiger partial charge in [0.25, 0.3) is 5.91 Å². The minimum absolute atomic E-state index is 0.247. The van der Waals surface area contributed by atoms with E-state index < -0.39 is 14.1 Å². The van der Waals surface area contributed by atoms with Crippen LogP contribution >= 0.6 is 14.1 Å². The molecule has 3 nitrogen and oxygen atoms in total. The fourth-order valence-electron chi connectivity index (χ4n) is 6.45. The molecule has 0 aliphatic heterocycles. The Bertz CT molecular complexity index is 2320. The molecule has 0 aliphatic carbocycles. The fourth-order valence-corrected chi connectivity index (χ4v) is 14.1. The van der Waals surface area contributed by atoms with Crippen molar-refractivity contribution in [2.75, 3.05) is 0 Å². The van der Waals surface area contributed by atoms with E-state index in [0.717, 1.165) is 43.3 Å². The molecule has 0 spiro atoms. The van der Waals surface area contributed by atoms with Crippen molar-refractivity contribution in [2.45, 2.75) is 13.8 Å². The van der Waals surface area contributed by atoms with E-state index >= 15 is 0 Å². The summed E-state index contributed by atoms with van der Waals surface area (Å²) in [4.78, 5) is 14.6. The maximum absolute atomic E-state index is 14.6. The molecule has 5 heteroatoms. The highest BCUT2D eigenvalue weighted by molar-refractivity contribution is 7.92. The highest BCUT2D eigenvalue weighted by Gasteiger charge is 2.35. The molecular weight excluding hydrogens is 670 g/mol. The lowest BCUT2D eigenvalue weighted by Gasteiger charge is -2.32. The van der Waals surface area contributed by atoms with Crippen molar-refractivity contribution in [3.05, 3.63) is 228 Å². The standard InChI is InChI=1S/C47H40N2OP2/c1-37-28-32-40(33-29-37)47(50)49-51(42-20-10-4-11-21-42,43-22-12-5-13-23-43)36-46(39-18-8-3-9-19-39)52(44-24-14-6-15-25-44,45-26-16-7-17-27-45)48-41-34-30-38(2)31-35-41/h3-36H,1-2H3/b46-36+. The molecule has 7 aromatic rings. The van der Waals surface area contributed by atoms with Crippen molar-refractivity contribution in [3.8, 4) is 0 Å². The molecule has 0 radical (unpaired) electrons. The van der Waals surface area contributed by atoms with Crippen LogP contribution < -0.4 is 21.2 Å². The quantitative estimate of drug-likeness (QED) is 0.138. The third-order valence-electron chi connectivity index (χ3n) is 9.13. The Morgan fingerprint density at radius 1 is 0.442 bits per heavy atom. The Kier molecular flexibility index (Phi) is 10.6. The lowest BCUT2D eigenvalue weighted by molar-refractivity contribution is 0.100. The van der Waals surface area contributed by atoms with Crippen LogP contribution in [0, 0.1) is 13.8 Å². The number of carbonyl (C=O) groups excluding carboxylic acids is 1. The number of hydrogen-bond acceptors (Lipinski definition) is 2. The Hall–Kier alpha value is -5.59. The first-order valence-corrected chi connectivity index (χ1v) is 21.0. The van der Waals surface area contributed by atoms with E-state index in [1.807, 2.05) is 73.7 Å². The maximum atomic E-state index is 14.6. The molecule has 7 aromatic carbocycles. The van der Waals surface area contributed by atoms with Crippen LogP contribution in [0.1, 0.15) is 27.0 Å². The van der Waals surface area contributed by atoms with Crippen LogP contribution in [0.15, 0.2) is 215 Å². The first-order chi connectivity index (χ1) is 25.5. The van der Waals surface area contributed by atoms with Crippen LogP contribution in [-0.2, 0) is 0 Å². The van der Waals surface area contributed by atoms with Gasteiger partial charge in [0.2, 0.25) is 0 Å². The Balaban J connectivity index is 1.71. The summed E-state index contributed by atoms with van der Waals surface area (Å²) in [5.41, 5.74) is 4.76. The predicted octanol–water partition coefficient (Wildman–Crippen LogP) is 11.5. The van der Waals surface area contributed by atoms with E-state index in [-0.39, 0.29) is 5.91 Å². The van der Waals surface area contributed by atoms with E-state index in [1.54, 1.807) is 0 Å². The lowest BCUT2D eigenvalue weighted by Crippen LogP contribution is -2.20. The molecule has 7 rings (SSSR count). The molecule has 0 aromatic heterocycles. The minimum Gasteiger partial charge on any atom is -0.267 e. The van der Waals surface area contributed by atoms with Crippen molar-refractivity contribution in [1.82, 2.24) is 0 Å². The van der Waals surface area contributed by atoms with Gasteiger partial charge in [-0.1, -0.05) is 187 Å². The van der Waals surface area contributed by atoms with Gasteiger partial charge in [-0.3, -0.25) is 9.54 Å². The van der Waals surface area contributed by atoms with Crippen LogP contribution in [0.2, 0.25) is 0 Å². The number of hydrogen-bond donors (Lipinski definition) is 0. The fraction of sp³-hybridized carbons (Fsp3) is 0.0426. The van der Waals surface area contributed by atoms with Crippen LogP contribution in [0.25, 0.3) is 5.31 Å². The van der Waals surface area contributed by atoms with Gasteiger partial charge in [0.15, 0.2) is 0 Å². The number of carbonyl (C=O) groups is 1. The molecule has 0 fully saturated rings. The number of amides is 1. The van der Waals surface area contributed by atoms with Crippen LogP contribution in [-0.4, -0.2) is 5.91 Å². The molecule has 0 heterocycles. The molecule has 0 saturated heterocycles. The van der Waals surface area contributed by atoms with Crippen LogP contribution in [0.4, 0.5) is 5.69 Å². The van der Waals surface area contributed by atoms with Gasteiger partial charge >= 0.3 is 0 Å². The largest absolute Gasteiger partial charge is 0.276 e. The van der Waals surface area contributed by atoms with E-state index in [4.69, 9.17) is 9.49 Å². The second-order valence-electron chi connectivity index (χ2n) is 12.8. The van der Waals surface area contributed by atoms with Gasteiger partial charge in [-0.25, -0.2) is 4.74 Å². The molecule has 0 N–H and O–H groups in total. The van der Waals surface area contributed by atoms with Gasteiger partial charge in [-0.05, 0) is 49.5 Å². The summed E-state index contributed by atoms with van der Waals surface area (Å²) >= 11 is 0. The SMILES string of the molecule is Cc1ccc(N=P(/C(=C/P(=NC(=O)c2ccc(C)cc2)(c2ccccc2)c2ccccc2)c2ccccc2)(c2ccccc2)c2ccccc2)cc1. The average Bonchev–Trinajstić information content (AvgIpc) is 3.21. The third kappa shape index (κ3) is 7.25. The average molecular weight is 711 g/mol. The van der Waals surface area contributed by atoms with E-state index in [9.17, 15) is 4.79 Å². The third-order valence-corrected chi connectivity index (χ3v) is 16.3. The van der Waals surface area contributed by atoms with E-state index in [0.29, 0.717) is 5.56 Å². The predicted molar refractivity (Wildman–Crippen MR) is 224 cm³/mol. The molecule has 0 atom stereocenters. The van der Waals surface area contributed by atoms with Crippen molar-refractivity contribution in [1.29, 1.82) is 0 Å². The molecule has 0 bridgehead atoms. The Morgan fingerprint density at radius 3 is 1.27 bits per heavy atom. The Labute approximate surface area is 307 Å². The minimum atomic E-state index is -3.02. The maximum Gasteiger partial charge on any atom is 0.276 e. The van der Waals surface area contributed by atoms with Gasteiger partial charge in [0.1, 0.15) is 0 Å². The van der Waals surface area contributed by atoms with Gasteiger partial charge in [-0.2, -0.15) is 0 Å². The van der Waals surface area contributed by atoms with E-state index in [2.05, 4.69) is 146 Å². The summed E-state index contributed by atoms with van der Waals surface area (Å²) in [7, 11) is -5.91. The molecular formula is C47H40N2OP2. The van der Waals surface area contributed by atoms with Gasteiger partial charge in [0, 0.05) is 32.1 Å². The summed E-state index contributed by atoms with van der Waals surface area (Å²) in [6.07, 6.45) is 0. The molecule has 0 aliphatic rings. The summed E-state index contributed by atoms with van der Waals surface area (Å²) < 4.78 is 11.3. The van der Waals surface area contributed by atoms with Crippen molar-refractivity contribution in [3.63, 3.8) is 0 Å². The monoisotopic (exact) mass is 710 g/mol. The number of benzene rings is 7. The smallest absolute Gasteiger partial charge is 0.267 e. The van der Waals surface area contributed by atoms with E-state index in [1.165, 1.54) is 5.56 Å². The Morgan fingerprint density at radius 2 is 0.827 bits per heavy atom. The normalized spacial score (nSPS) is 11.8. The van der Waals surface area contributed by atoms with Gasteiger partial charge < -0.3 is 0 Å². The van der Waals surface area contributed by atoms with Crippen molar-refractivity contribution in [2.24, 2.45) is 9.49 Å². The zero-order valence-electron chi connectivity index (χ0n) is 29.3. The molecule has 0 unspecified atom stereocenters. The van der Waals surface area contributed by atoms with Crippen LogP contribution in [0.5, 0.6) is 0 Å². The molecule has 52 heavy (non-hydrogen) atoms. The second kappa shape index (κ2) is 15.7. The summed E-state index contributed by atoms with van der Waals surface area (Å²) in [6, 6.07) is 68.7. The van der Waals surface area contributed by atoms with Gasteiger partial charge in [-0.15, -0.1) is 0 Å². The van der Waals surface area contributed by atoms with Crippen molar-refractivity contribution >= 4 is 52.2 Å². The summed E-state index contributed by atoms with van der Waals surface area (Å²) in [5, 5.41) is 5.25. The molecule has 0 saturated carbocycles. The number of rotatable bonds is 9.